The Morgan fingerprint density at radius 3 is 1.89 bits per heavy atom. The second-order valence-electron chi connectivity index (χ2n) is 3.10. The Morgan fingerprint density at radius 2 is 1.50 bits per heavy atom. The monoisotopic (exact) mass is 280 g/mol. The predicted octanol–water partition coefficient (Wildman–Crippen LogP) is 4.54. The molecule has 1 nitrogen and oxygen atoms in total. The molecule has 0 aliphatic rings. The lowest BCUT2D eigenvalue weighted by molar-refractivity contribution is -0.276. The average Bonchev–Trinajstić information content (AvgIpc) is 2.13. The molecule has 0 atom stereocenters. The van der Waals surface area contributed by atoms with E-state index in [4.69, 9.17) is 0 Å². The minimum absolute atomic E-state index is 0.0776. The first-order valence-electron chi connectivity index (χ1n) is 4.26. The van der Waals surface area contributed by atoms with E-state index in [0.717, 1.165) is 0 Å². The summed E-state index contributed by atoms with van der Waals surface area (Å²) in [6.45, 7) is 0. The molecular formula is C9H4F8O. The van der Waals surface area contributed by atoms with E-state index in [9.17, 15) is 35.1 Å². The van der Waals surface area contributed by atoms with E-state index in [1.807, 2.05) is 0 Å². The van der Waals surface area contributed by atoms with Crippen molar-refractivity contribution in [2.24, 2.45) is 0 Å². The Morgan fingerprint density at radius 1 is 0.944 bits per heavy atom. The van der Waals surface area contributed by atoms with Gasteiger partial charge < -0.3 is 4.74 Å². The molecule has 0 bridgehead atoms. The lowest BCUT2D eigenvalue weighted by Gasteiger charge is -2.16. The molecule has 0 saturated carbocycles. The van der Waals surface area contributed by atoms with Gasteiger partial charge in [-0.1, -0.05) is 0 Å². The van der Waals surface area contributed by atoms with Crippen LogP contribution in [0.25, 0.3) is 0 Å². The summed E-state index contributed by atoms with van der Waals surface area (Å²) in [6, 6.07) is 0.560. The number of rotatable bonds is 2. The van der Waals surface area contributed by atoms with E-state index < -0.39 is 35.8 Å². The zero-order chi connectivity index (χ0) is 14.1. The van der Waals surface area contributed by atoms with Crippen LogP contribution in [-0.4, -0.2) is 6.36 Å². The standard InChI is InChI=1S/C9H4F8O/c10-7(11)4-1-2-6(18-9(15,16)17)5(3-4)8(12,13)14/h1-3,7H. The van der Waals surface area contributed by atoms with Crippen molar-refractivity contribution in [2.75, 3.05) is 0 Å². The first kappa shape index (κ1) is 14.5. The Bertz CT molecular complexity index is 420. The molecule has 0 spiro atoms. The summed E-state index contributed by atoms with van der Waals surface area (Å²) in [6.07, 6.45) is -13.8. The van der Waals surface area contributed by atoms with Crippen LogP contribution in [0.4, 0.5) is 35.1 Å². The summed E-state index contributed by atoms with van der Waals surface area (Å²) in [4.78, 5) is 0. The van der Waals surface area contributed by atoms with Crippen LogP contribution in [0.15, 0.2) is 18.2 Å². The zero-order valence-corrected chi connectivity index (χ0v) is 8.24. The number of ether oxygens (including phenoxy) is 1. The van der Waals surface area contributed by atoms with E-state index in [1.54, 1.807) is 0 Å². The van der Waals surface area contributed by atoms with Gasteiger partial charge >= 0.3 is 12.5 Å². The van der Waals surface area contributed by atoms with Crippen LogP contribution in [0.1, 0.15) is 17.6 Å². The van der Waals surface area contributed by atoms with Gasteiger partial charge in [-0.2, -0.15) is 13.2 Å². The topological polar surface area (TPSA) is 9.23 Å². The molecule has 0 aliphatic heterocycles. The SMILES string of the molecule is FC(F)c1ccc(OC(F)(F)F)c(C(F)(F)F)c1. The molecule has 0 saturated heterocycles. The molecule has 0 fully saturated rings. The van der Waals surface area contributed by atoms with E-state index in [2.05, 4.69) is 4.74 Å². The van der Waals surface area contributed by atoms with Crippen molar-refractivity contribution in [3.63, 3.8) is 0 Å². The second-order valence-corrected chi connectivity index (χ2v) is 3.10. The number of hydrogen-bond acceptors (Lipinski definition) is 1. The summed E-state index contributed by atoms with van der Waals surface area (Å²) in [5.74, 6) is -1.57. The van der Waals surface area contributed by atoms with Gasteiger partial charge in [0.1, 0.15) is 5.75 Å². The van der Waals surface area contributed by atoms with Crippen molar-refractivity contribution in [2.45, 2.75) is 19.0 Å². The minimum Gasteiger partial charge on any atom is -0.405 e. The Labute approximate surface area is 95.0 Å². The molecule has 0 amide bonds. The Balaban J connectivity index is 3.26. The van der Waals surface area contributed by atoms with Gasteiger partial charge in [0.05, 0.1) is 5.56 Å². The molecule has 18 heavy (non-hydrogen) atoms. The third kappa shape index (κ3) is 3.74. The summed E-state index contributed by atoms with van der Waals surface area (Å²) < 4.78 is 100. The van der Waals surface area contributed by atoms with Gasteiger partial charge in [0.25, 0.3) is 6.43 Å². The fraction of sp³-hybridized carbons (Fsp3) is 0.333. The molecule has 1 aromatic carbocycles. The van der Waals surface area contributed by atoms with Crippen LogP contribution in [0.2, 0.25) is 0 Å². The summed E-state index contributed by atoms with van der Waals surface area (Å²) in [7, 11) is 0. The van der Waals surface area contributed by atoms with Gasteiger partial charge in [-0.3, -0.25) is 0 Å². The van der Waals surface area contributed by atoms with Crippen molar-refractivity contribution in [3.8, 4) is 5.75 Å². The maximum absolute atomic E-state index is 12.4. The van der Waals surface area contributed by atoms with Crippen LogP contribution < -0.4 is 4.74 Å². The van der Waals surface area contributed by atoms with Crippen LogP contribution in [-0.2, 0) is 6.18 Å². The van der Waals surface area contributed by atoms with Gasteiger partial charge in [-0.05, 0) is 18.2 Å². The van der Waals surface area contributed by atoms with Crippen molar-refractivity contribution in [1.82, 2.24) is 0 Å². The predicted molar refractivity (Wildman–Crippen MR) is 43.1 cm³/mol. The molecule has 0 unspecified atom stereocenters. The molecule has 0 heterocycles. The molecule has 1 rings (SSSR count). The lowest BCUT2D eigenvalue weighted by Crippen LogP contribution is -2.20. The Hall–Kier alpha value is -1.54. The highest BCUT2D eigenvalue weighted by Crippen LogP contribution is 2.40. The van der Waals surface area contributed by atoms with Gasteiger partial charge in [0.15, 0.2) is 0 Å². The molecule has 0 radical (unpaired) electrons. The second kappa shape index (κ2) is 4.62. The van der Waals surface area contributed by atoms with Gasteiger partial charge in [-0.25, -0.2) is 8.78 Å². The van der Waals surface area contributed by atoms with Crippen LogP contribution in [0, 0.1) is 0 Å². The average molecular weight is 280 g/mol. The zero-order valence-electron chi connectivity index (χ0n) is 8.24. The first-order chi connectivity index (χ1) is 8.00. The van der Waals surface area contributed by atoms with Gasteiger partial charge in [-0.15, -0.1) is 13.2 Å². The summed E-state index contributed by atoms with van der Waals surface area (Å²) in [5, 5.41) is 0. The number of alkyl halides is 8. The fourth-order valence-electron chi connectivity index (χ4n) is 1.12. The fourth-order valence-corrected chi connectivity index (χ4v) is 1.12. The van der Waals surface area contributed by atoms with Crippen LogP contribution in [0.5, 0.6) is 5.75 Å². The molecule has 1 aromatic rings. The van der Waals surface area contributed by atoms with Crippen molar-refractivity contribution in [3.05, 3.63) is 29.3 Å². The molecule has 0 N–H and O–H groups in total. The van der Waals surface area contributed by atoms with E-state index in [1.165, 1.54) is 0 Å². The summed E-state index contributed by atoms with van der Waals surface area (Å²) >= 11 is 0. The molecule has 0 aromatic heterocycles. The number of benzene rings is 1. The Kier molecular flexibility index (Phi) is 3.72. The maximum Gasteiger partial charge on any atom is 0.573 e. The number of hydrogen-bond donors (Lipinski definition) is 0. The highest BCUT2D eigenvalue weighted by molar-refractivity contribution is 5.39. The van der Waals surface area contributed by atoms with Crippen LogP contribution >= 0.6 is 0 Å². The highest BCUT2D eigenvalue weighted by Gasteiger charge is 2.39. The molecular weight excluding hydrogens is 276 g/mol. The van der Waals surface area contributed by atoms with Gasteiger partial charge in [0, 0.05) is 5.56 Å². The lowest BCUT2D eigenvalue weighted by atomic mass is 10.1. The normalized spacial score (nSPS) is 12.9. The quantitative estimate of drug-likeness (QED) is 0.722. The molecule has 102 valence electrons. The maximum atomic E-state index is 12.4. The molecule has 0 aliphatic carbocycles. The van der Waals surface area contributed by atoms with E-state index >= 15 is 0 Å². The first-order valence-corrected chi connectivity index (χ1v) is 4.26. The van der Waals surface area contributed by atoms with Crippen molar-refractivity contribution < 1.29 is 39.9 Å². The van der Waals surface area contributed by atoms with Crippen molar-refractivity contribution in [1.29, 1.82) is 0 Å². The molecule has 9 heteroatoms. The van der Waals surface area contributed by atoms with E-state index in [-0.39, 0.29) is 12.1 Å². The third-order valence-electron chi connectivity index (χ3n) is 1.79. The van der Waals surface area contributed by atoms with Crippen molar-refractivity contribution >= 4 is 0 Å². The largest absolute Gasteiger partial charge is 0.573 e. The smallest absolute Gasteiger partial charge is 0.405 e. The van der Waals surface area contributed by atoms with Crippen LogP contribution in [0.3, 0.4) is 0 Å². The van der Waals surface area contributed by atoms with Gasteiger partial charge in [0.2, 0.25) is 0 Å². The number of halogens is 8. The minimum atomic E-state index is -5.34. The summed E-state index contributed by atoms with van der Waals surface area (Å²) in [5.41, 5.74) is -2.95. The third-order valence-corrected chi connectivity index (χ3v) is 1.79. The highest BCUT2D eigenvalue weighted by atomic mass is 19.4. The van der Waals surface area contributed by atoms with E-state index in [0.29, 0.717) is 6.07 Å².